The van der Waals surface area contributed by atoms with Crippen LogP contribution in [0.3, 0.4) is 0 Å². The minimum absolute atomic E-state index is 0.452. The third kappa shape index (κ3) is 22.2. The summed E-state index contributed by atoms with van der Waals surface area (Å²) in [4.78, 5) is 0. The van der Waals surface area contributed by atoms with Gasteiger partial charge in [-0.1, -0.05) is 122 Å². The van der Waals surface area contributed by atoms with Crippen LogP contribution in [-0.4, -0.2) is 37.3 Å². The summed E-state index contributed by atoms with van der Waals surface area (Å²) in [6.45, 7) is 5.86. The number of quaternary nitrogens is 1. The van der Waals surface area contributed by atoms with Crippen molar-refractivity contribution in [3.05, 3.63) is 29.8 Å². The third-order valence-electron chi connectivity index (χ3n) is 6.22. The highest BCUT2D eigenvalue weighted by atomic mass is 16.3. The highest BCUT2D eigenvalue weighted by Gasteiger charge is 2.05. The minimum atomic E-state index is 0.452. The number of phenolic OH excluding ortho intramolecular Hbond substituents is 1. The average Bonchev–Trinajstić information content (AvgIpc) is 2.75. The van der Waals surface area contributed by atoms with Crippen LogP contribution in [0.15, 0.2) is 24.3 Å². The van der Waals surface area contributed by atoms with Crippen molar-refractivity contribution in [1.82, 2.24) is 0 Å². The first-order chi connectivity index (χ1) is 15.4. The fraction of sp³-hybridized carbons (Fsp3) is 0.800. The van der Waals surface area contributed by atoms with E-state index in [0.29, 0.717) is 5.75 Å². The molecule has 1 aromatic carbocycles. The Balaban J connectivity index is 0.000000601. The lowest BCUT2D eigenvalue weighted by Gasteiger charge is -2.23. The second-order valence-corrected chi connectivity index (χ2v) is 10.7. The first-order valence-electron chi connectivity index (χ1n) is 14.0. The summed E-state index contributed by atoms with van der Waals surface area (Å²) in [7, 11) is 6.86. The molecule has 2 heteroatoms. The average molecular weight is 449 g/mol. The monoisotopic (exact) mass is 448 g/mol. The Morgan fingerprint density at radius 1 is 0.562 bits per heavy atom. The van der Waals surface area contributed by atoms with Gasteiger partial charge in [-0.2, -0.15) is 0 Å². The zero-order valence-corrected chi connectivity index (χ0v) is 22.6. The first-order valence-corrected chi connectivity index (χ1v) is 14.0. The maximum absolute atomic E-state index is 9.58. The summed E-state index contributed by atoms with van der Waals surface area (Å²) in [5.41, 5.74) is 1.09. The number of para-hydroxylation sites is 1. The number of benzene rings is 1. The molecule has 0 saturated carbocycles. The predicted octanol–water partition coefficient (Wildman–Crippen LogP) is 9.30. The van der Waals surface area contributed by atoms with Crippen molar-refractivity contribution in [2.45, 2.75) is 129 Å². The molecule has 0 spiro atoms. The maximum atomic E-state index is 9.58. The molecule has 0 heterocycles. The fourth-order valence-corrected chi connectivity index (χ4v) is 4.07. The second-order valence-electron chi connectivity index (χ2n) is 10.7. The number of unbranched alkanes of at least 4 members (excludes halogenated alkanes) is 15. The van der Waals surface area contributed by atoms with Crippen LogP contribution in [0.25, 0.3) is 0 Å². The topological polar surface area (TPSA) is 20.2 Å². The highest BCUT2D eigenvalue weighted by Crippen LogP contribution is 2.19. The molecule has 1 rings (SSSR count). The van der Waals surface area contributed by atoms with E-state index in [1.165, 1.54) is 116 Å². The SMILES string of the molecule is CCCCCCCCCCCC[N+](C)(C)C.CCCCCCCCCc1ccccc1O. The molecule has 0 atom stereocenters. The number of aromatic hydroxyl groups is 1. The molecular formula is C30H58NO+. The van der Waals surface area contributed by atoms with E-state index in [4.69, 9.17) is 0 Å². The van der Waals surface area contributed by atoms with Crippen LogP contribution in [0, 0.1) is 0 Å². The van der Waals surface area contributed by atoms with Crippen molar-refractivity contribution >= 4 is 0 Å². The standard InChI is InChI=1S/C15H34N.C15H24O/c1-5-6-7-8-9-10-11-12-13-14-15-16(2,3)4;1-2-3-4-5-6-7-8-11-14-12-9-10-13-15(14)16/h5-15H2,1-4H3;9-10,12-13,16H,2-8,11H2,1H3/q+1;. The van der Waals surface area contributed by atoms with Gasteiger partial charge in [0.05, 0.1) is 27.7 Å². The van der Waals surface area contributed by atoms with Crippen LogP contribution >= 0.6 is 0 Å². The van der Waals surface area contributed by atoms with E-state index >= 15 is 0 Å². The molecule has 1 N–H and O–H groups in total. The lowest BCUT2D eigenvalue weighted by molar-refractivity contribution is -0.870. The molecule has 2 nitrogen and oxygen atoms in total. The van der Waals surface area contributed by atoms with Gasteiger partial charge in [0.15, 0.2) is 0 Å². The van der Waals surface area contributed by atoms with Crippen molar-refractivity contribution in [2.75, 3.05) is 27.7 Å². The molecule has 0 radical (unpaired) electrons. The number of phenols is 1. The van der Waals surface area contributed by atoms with E-state index in [9.17, 15) is 5.11 Å². The van der Waals surface area contributed by atoms with Gasteiger partial charge in [-0.05, 0) is 37.3 Å². The van der Waals surface area contributed by atoms with E-state index in [1.807, 2.05) is 18.2 Å². The second kappa shape index (κ2) is 21.8. The smallest absolute Gasteiger partial charge is 0.118 e. The number of nitrogens with zero attached hydrogens (tertiary/aromatic N) is 1. The molecule has 0 aromatic heterocycles. The van der Waals surface area contributed by atoms with E-state index in [-0.39, 0.29) is 0 Å². The Kier molecular flexibility index (Phi) is 21.1. The Bertz CT molecular complexity index is 506. The van der Waals surface area contributed by atoms with Gasteiger partial charge in [-0.25, -0.2) is 0 Å². The number of aryl methyl sites for hydroxylation is 1. The van der Waals surface area contributed by atoms with Crippen molar-refractivity contribution in [2.24, 2.45) is 0 Å². The molecule has 0 aliphatic heterocycles. The van der Waals surface area contributed by atoms with Gasteiger partial charge in [0.1, 0.15) is 5.75 Å². The third-order valence-corrected chi connectivity index (χ3v) is 6.22. The zero-order chi connectivity index (χ0) is 23.9. The van der Waals surface area contributed by atoms with Crippen molar-refractivity contribution in [3.8, 4) is 5.75 Å². The molecule has 0 amide bonds. The lowest BCUT2D eigenvalue weighted by atomic mass is 10.0. The minimum Gasteiger partial charge on any atom is -0.508 e. The summed E-state index contributed by atoms with van der Waals surface area (Å²) in [5.74, 6) is 0.452. The van der Waals surface area contributed by atoms with Crippen LogP contribution in [-0.2, 0) is 6.42 Å². The van der Waals surface area contributed by atoms with Gasteiger partial charge >= 0.3 is 0 Å². The van der Waals surface area contributed by atoms with Crippen molar-refractivity contribution < 1.29 is 9.59 Å². The molecule has 0 bridgehead atoms. The quantitative estimate of drug-likeness (QED) is 0.165. The van der Waals surface area contributed by atoms with Gasteiger partial charge < -0.3 is 9.59 Å². The molecule has 32 heavy (non-hydrogen) atoms. The highest BCUT2D eigenvalue weighted by molar-refractivity contribution is 5.31. The zero-order valence-electron chi connectivity index (χ0n) is 22.6. The number of hydrogen-bond acceptors (Lipinski definition) is 1. The number of hydrogen-bond donors (Lipinski definition) is 1. The summed E-state index contributed by atoms with van der Waals surface area (Å²) in [6, 6.07) is 7.67. The van der Waals surface area contributed by atoms with Crippen LogP contribution in [0.4, 0.5) is 0 Å². The summed E-state index contributed by atoms with van der Waals surface area (Å²) < 4.78 is 1.12. The molecule has 0 aliphatic carbocycles. The molecule has 188 valence electrons. The summed E-state index contributed by atoms with van der Waals surface area (Å²) >= 11 is 0. The molecular weight excluding hydrogens is 390 g/mol. The van der Waals surface area contributed by atoms with Gasteiger partial charge in [0, 0.05) is 0 Å². The Morgan fingerprint density at radius 3 is 1.41 bits per heavy atom. The van der Waals surface area contributed by atoms with E-state index in [2.05, 4.69) is 35.0 Å². The van der Waals surface area contributed by atoms with E-state index in [1.54, 1.807) is 6.07 Å². The Morgan fingerprint density at radius 2 is 0.969 bits per heavy atom. The van der Waals surface area contributed by atoms with Gasteiger partial charge in [0.2, 0.25) is 0 Å². The molecule has 1 aromatic rings. The number of rotatable bonds is 19. The summed E-state index contributed by atoms with van der Waals surface area (Å²) in [6.07, 6.45) is 24.7. The molecule has 0 saturated heterocycles. The van der Waals surface area contributed by atoms with Crippen LogP contribution in [0.2, 0.25) is 0 Å². The molecule has 0 aliphatic rings. The van der Waals surface area contributed by atoms with Crippen LogP contribution < -0.4 is 0 Å². The molecule has 0 unspecified atom stereocenters. The van der Waals surface area contributed by atoms with Crippen LogP contribution in [0.1, 0.15) is 129 Å². The van der Waals surface area contributed by atoms with Crippen molar-refractivity contribution in [1.29, 1.82) is 0 Å². The molecule has 0 fully saturated rings. The van der Waals surface area contributed by atoms with Crippen LogP contribution in [0.5, 0.6) is 5.75 Å². The largest absolute Gasteiger partial charge is 0.508 e. The predicted molar refractivity (Wildman–Crippen MR) is 145 cm³/mol. The van der Waals surface area contributed by atoms with Gasteiger partial charge in [-0.15, -0.1) is 0 Å². The van der Waals surface area contributed by atoms with Gasteiger partial charge in [-0.3, -0.25) is 0 Å². The van der Waals surface area contributed by atoms with Gasteiger partial charge in [0.25, 0.3) is 0 Å². The van der Waals surface area contributed by atoms with Crippen molar-refractivity contribution in [3.63, 3.8) is 0 Å². The van der Waals surface area contributed by atoms with E-state index in [0.717, 1.165) is 16.5 Å². The maximum Gasteiger partial charge on any atom is 0.118 e. The fourth-order valence-electron chi connectivity index (χ4n) is 4.07. The summed E-state index contributed by atoms with van der Waals surface area (Å²) in [5, 5.41) is 9.58. The Labute approximate surface area is 202 Å². The lowest BCUT2D eigenvalue weighted by Crippen LogP contribution is -2.35. The Hall–Kier alpha value is -1.02. The normalized spacial score (nSPS) is 11.3. The first kappa shape index (κ1) is 31.0. The van der Waals surface area contributed by atoms with E-state index < -0.39 is 0 Å².